The minimum Gasteiger partial charge on any atom is -0.468 e. The van der Waals surface area contributed by atoms with Gasteiger partial charge < -0.3 is 91.8 Å². The Labute approximate surface area is 411 Å². The van der Waals surface area contributed by atoms with Gasteiger partial charge in [-0.3, -0.25) is 71.9 Å². The molecular weight excluding hydrogens is 969 g/mol. The molecule has 0 aliphatic carbocycles. The molecule has 0 radical (unpaired) electrons. The first kappa shape index (κ1) is 63.6. The molecule has 33 heteroatoms. The van der Waals surface area contributed by atoms with Crippen molar-refractivity contribution in [1.82, 2.24) is 72.8 Å². The summed E-state index contributed by atoms with van der Waals surface area (Å²) in [5, 5.41) is 23.2. The standard InChI is InChI=1S/C39H62N14O19/c1-40-10-25(55)46-14-33(63)50(8-9-54)18-31(61)44-12-27(57)48-16-35(65)51(22-37(67)70-3)19-29(59)42-6-7-43-30(60)20-52(23-38(68)71-4)36(66)17-49-28(58)13-45-32(62)21-53(24-39(69)72-5)34(64)15-47-26(56)11-41-2/h9,40-41H,6-8,10-24H2,1-5H3,(H,42,59)(H,43,60)(H,44,61)(H,45,62)(H,46,55)(H,47,56)(H,48,57)(H,49,58). The summed E-state index contributed by atoms with van der Waals surface area (Å²) < 4.78 is 13.6. The maximum atomic E-state index is 12.9. The first-order valence-corrected chi connectivity index (χ1v) is 21.3. The molecule has 0 aromatic rings. The van der Waals surface area contributed by atoms with E-state index in [1.165, 1.54) is 14.1 Å². The molecule has 0 saturated heterocycles. The fourth-order valence-corrected chi connectivity index (χ4v) is 5.10. The van der Waals surface area contributed by atoms with Crippen LogP contribution >= 0.6 is 0 Å². The molecule has 0 aliphatic heterocycles. The van der Waals surface area contributed by atoms with E-state index in [4.69, 9.17) is 0 Å². The number of ether oxygens (including phenoxy) is 3. The number of aldehydes is 1. The molecule has 10 N–H and O–H groups in total. The Morgan fingerprint density at radius 3 is 0.861 bits per heavy atom. The van der Waals surface area contributed by atoms with Crippen molar-refractivity contribution in [3.8, 4) is 0 Å². The number of hydrogen-bond acceptors (Lipinski definition) is 21. The average molecular weight is 1030 g/mol. The van der Waals surface area contributed by atoms with Gasteiger partial charge >= 0.3 is 17.9 Å². The van der Waals surface area contributed by atoms with E-state index in [1.807, 2.05) is 0 Å². The highest BCUT2D eigenvalue weighted by Gasteiger charge is 2.25. The highest BCUT2D eigenvalue weighted by molar-refractivity contribution is 5.95. The normalized spacial score (nSPS) is 10.1. The van der Waals surface area contributed by atoms with Gasteiger partial charge in [0.05, 0.1) is 80.2 Å². The average Bonchev–Trinajstić information content (AvgIpc) is 3.34. The Bertz CT molecular complexity index is 1970. The topological polar surface area (TPSA) is 434 Å². The molecule has 12 amide bonds. The highest BCUT2D eigenvalue weighted by Crippen LogP contribution is 1.96. The van der Waals surface area contributed by atoms with Gasteiger partial charge in [-0.25, -0.2) is 0 Å². The number of esters is 3. The lowest BCUT2D eigenvalue weighted by atomic mass is 10.3. The van der Waals surface area contributed by atoms with Crippen molar-refractivity contribution < 1.29 is 90.9 Å². The Hall–Kier alpha value is -8.36. The predicted molar refractivity (Wildman–Crippen MR) is 240 cm³/mol. The molecule has 0 rings (SSSR count). The van der Waals surface area contributed by atoms with Crippen molar-refractivity contribution in [2.24, 2.45) is 0 Å². The summed E-state index contributed by atoms with van der Waals surface area (Å²) >= 11 is 0. The van der Waals surface area contributed by atoms with Crippen molar-refractivity contribution in [3.05, 3.63) is 0 Å². The Balaban J connectivity index is 5.14. The zero-order valence-corrected chi connectivity index (χ0v) is 40.4. The summed E-state index contributed by atoms with van der Waals surface area (Å²) in [7, 11) is 6.07. The monoisotopic (exact) mass is 1030 g/mol. The van der Waals surface area contributed by atoms with Crippen molar-refractivity contribution in [1.29, 1.82) is 0 Å². The third-order valence-corrected chi connectivity index (χ3v) is 8.77. The van der Waals surface area contributed by atoms with Gasteiger partial charge in [0.25, 0.3) is 0 Å². The molecule has 0 spiro atoms. The number of nitrogens with zero attached hydrogens (tertiary/aromatic N) is 4. The second-order valence-corrected chi connectivity index (χ2v) is 14.3. The van der Waals surface area contributed by atoms with E-state index in [-0.39, 0.29) is 26.2 Å². The zero-order valence-electron chi connectivity index (χ0n) is 40.4. The minimum absolute atomic E-state index is 0.0864. The number of carbonyl (C=O) groups is 16. The molecule has 0 heterocycles. The van der Waals surface area contributed by atoms with E-state index < -0.39 is 180 Å². The third kappa shape index (κ3) is 29.5. The quantitative estimate of drug-likeness (QED) is 0.0122. The van der Waals surface area contributed by atoms with Crippen molar-refractivity contribution in [3.63, 3.8) is 0 Å². The van der Waals surface area contributed by atoms with E-state index in [0.29, 0.717) is 6.29 Å². The van der Waals surface area contributed by atoms with Crippen LogP contribution in [-0.4, -0.2) is 268 Å². The second kappa shape index (κ2) is 36.6. The third-order valence-electron chi connectivity index (χ3n) is 8.77. The van der Waals surface area contributed by atoms with Crippen LogP contribution in [0.1, 0.15) is 0 Å². The lowest BCUT2D eigenvalue weighted by Gasteiger charge is -2.22. The summed E-state index contributed by atoms with van der Waals surface area (Å²) in [6, 6.07) is 0. The maximum Gasteiger partial charge on any atom is 0.325 e. The molecule has 0 aromatic carbocycles. The number of carbonyl (C=O) groups excluding carboxylic acids is 16. The molecule has 72 heavy (non-hydrogen) atoms. The van der Waals surface area contributed by atoms with Gasteiger partial charge in [-0.15, -0.1) is 0 Å². The van der Waals surface area contributed by atoms with Crippen LogP contribution in [0.2, 0.25) is 0 Å². The van der Waals surface area contributed by atoms with E-state index in [9.17, 15) is 76.7 Å². The molecule has 0 unspecified atom stereocenters. The van der Waals surface area contributed by atoms with Crippen molar-refractivity contribution >= 4 is 95.1 Å². The second-order valence-electron chi connectivity index (χ2n) is 14.3. The van der Waals surface area contributed by atoms with Crippen LogP contribution < -0.4 is 53.2 Å². The first-order chi connectivity index (χ1) is 34.1. The number of methoxy groups -OCH3 is 3. The summed E-state index contributed by atoms with van der Waals surface area (Å²) in [6.07, 6.45) is 0.349. The van der Waals surface area contributed by atoms with Gasteiger partial charge in [0.1, 0.15) is 52.1 Å². The SMILES string of the molecule is CNCC(=O)NCC(=O)N(CC=O)CC(=O)NCC(=O)NCC(=O)N(CC(=O)NCCNC(=O)CN(CC(=O)OC)C(=O)CNC(=O)CNC(=O)CN(CC(=O)OC)C(=O)CNC(=O)CNC)CC(=O)OC. The van der Waals surface area contributed by atoms with Crippen LogP contribution in [-0.2, 0) is 90.9 Å². The van der Waals surface area contributed by atoms with E-state index >= 15 is 0 Å². The zero-order chi connectivity index (χ0) is 54.6. The van der Waals surface area contributed by atoms with Gasteiger partial charge in [-0.1, -0.05) is 0 Å². The van der Waals surface area contributed by atoms with Gasteiger partial charge in [0, 0.05) is 13.1 Å². The van der Waals surface area contributed by atoms with Gasteiger partial charge in [0.15, 0.2) is 0 Å². The number of nitrogens with one attached hydrogen (secondary N) is 10. The van der Waals surface area contributed by atoms with Gasteiger partial charge in [-0.05, 0) is 14.1 Å². The summed E-state index contributed by atoms with van der Waals surface area (Å²) in [5.41, 5.74) is 0. The summed E-state index contributed by atoms with van der Waals surface area (Å²) in [6.45, 7) is -10.3. The lowest BCUT2D eigenvalue weighted by Crippen LogP contribution is -2.50. The van der Waals surface area contributed by atoms with Crippen LogP contribution in [0, 0.1) is 0 Å². The van der Waals surface area contributed by atoms with E-state index in [1.54, 1.807) is 0 Å². The molecule has 0 aliphatic rings. The Kier molecular flexibility index (Phi) is 32.3. The molecule has 0 saturated carbocycles. The fraction of sp³-hybridized carbons (Fsp3) is 0.590. The van der Waals surface area contributed by atoms with Crippen molar-refractivity contribution in [2.75, 3.05) is 153 Å². The van der Waals surface area contributed by atoms with E-state index in [0.717, 1.165) is 40.9 Å². The van der Waals surface area contributed by atoms with E-state index in [2.05, 4.69) is 67.4 Å². The number of likely N-dealkylation sites (N-methyl/N-ethyl adjacent to an activating group) is 2. The number of hydrogen-bond donors (Lipinski definition) is 10. The predicted octanol–water partition coefficient (Wildman–Crippen LogP) is -11.6. The Morgan fingerprint density at radius 1 is 0.333 bits per heavy atom. The van der Waals surface area contributed by atoms with Crippen LogP contribution in [0.4, 0.5) is 0 Å². The first-order valence-electron chi connectivity index (χ1n) is 21.3. The molecule has 0 aromatic heterocycles. The molecule has 0 bridgehead atoms. The fourth-order valence-electron chi connectivity index (χ4n) is 5.10. The summed E-state index contributed by atoms with van der Waals surface area (Å²) in [4.78, 5) is 199. The molecular formula is C39H62N14O19. The molecule has 33 nitrogen and oxygen atoms in total. The molecule has 402 valence electrons. The largest absolute Gasteiger partial charge is 0.468 e. The number of rotatable bonds is 35. The van der Waals surface area contributed by atoms with Crippen LogP contribution in [0.15, 0.2) is 0 Å². The lowest BCUT2D eigenvalue weighted by molar-refractivity contribution is -0.148. The van der Waals surface area contributed by atoms with Crippen LogP contribution in [0.25, 0.3) is 0 Å². The minimum atomic E-state index is -0.953. The van der Waals surface area contributed by atoms with Gasteiger partial charge in [0.2, 0.25) is 70.9 Å². The van der Waals surface area contributed by atoms with Crippen molar-refractivity contribution in [2.45, 2.75) is 0 Å². The highest BCUT2D eigenvalue weighted by atomic mass is 16.5. The molecule has 0 fully saturated rings. The van der Waals surface area contributed by atoms with Crippen LogP contribution in [0.5, 0.6) is 0 Å². The maximum absolute atomic E-state index is 12.9. The smallest absolute Gasteiger partial charge is 0.325 e. The molecule has 0 atom stereocenters. The Morgan fingerprint density at radius 2 is 0.583 bits per heavy atom. The van der Waals surface area contributed by atoms with Crippen LogP contribution in [0.3, 0.4) is 0 Å². The summed E-state index contributed by atoms with van der Waals surface area (Å²) in [5.74, 6) is -12.6. The number of amides is 12. The van der Waals surface area contributed by atoms with Gasteiger partial charge in [-0.2, -0.15) is 0 Å².